The minimum atomic E-state index is -4.64. The predicted molar refractivity (Wildman–Crippen MR) is 67.0 cm³/mol. The van der Waals surface area contributed by atoms with Gasteiger partial charge in [0.1, 0.15) is 28.9 Å². The molecule has 3 nitrogen and oxygen atoms in total. The molecule has 0 bridgehead atoms. The Morgan fingerprint density at radius 2 is 1.86 bits per heavy atom. The number of rotatable bonds is 2. The van der Waals surface area contributed by atoms with E-state index in [1.807, 2.05) is 0 Å². The van der Waals surface area contributed by atoms with Crippen molar-refractivity contribution in [2.45, 2.75) is 6.18 Å². The molecule has 0 amide bonds. The van der Waals surface area contributed by atoms with Crippen LogP contribution in [0.15, 0.2) is 36.4 Å². The SMILES string of the molecule is N#Cc1c(F)cccc1Oc1ccc(N)c(C(F)(F)F)c1. The first-order valence-corrected chi connectivity index (χ1v) is 5.66. The van der Waals surface area contributed by atoms with E-state index >= 15 is 0 Å². The van der Waals surface area contributed by atoms with Crippen LogP contribution < -0.4 is 10.5 Å². The molecule has 2 rings (SSSR count). The van der Waals surface area contributed by atoms with Crippen molar-refractivity contribution in [3.05, 3.63) is 53.3 Å². The maximum Gasteiger partial charge on any atom is 0.418 e. The summed E-state index contributed by atoms with van der Waals surface area (Å²) in [5.74, 6) is -1.18. The number of anilines is 1. The van der Waals surface area contributed by atoms with E-state index in [2.05, 4.69) is 0 Å². The van der Waals surface area contributed by atoms with E-state index in [-0.39, 0.29) is 17.1 Å². The van der Waals surface area contributed by atoms with Crippen LogP contribution in [0.5, 0.6) is 11.5 Å². The Kier molecular flexibility index (Phi) is 3.72. The van der Waals surface area contributed by atoms with Gasteiger partial charge >= 0.3 is 6.18 Å². The Morgan fingerprint density at radius 1 is 1.14 bits per heavy atom. The molecule has 0 aliphatic rings. The Balaban J connectivity index is 2.42. The number of ether oxygens (including phenoxy) is 1. The van der Waals surface area contributed by atoms with E-state index in [4.69, 9.17) is 15.7 Å². The van der Waals surface area contributed by atoms with E-state index < -0.39 is 23.2 Å². The van der Waals surface area contributed by atoms with E-state index in [0.717, 1.165) is 12.1 Å². The summed E-state index contributed by atoms with van der Waals surface area (Å²) in [7, 11) is 0. The molecule has 2 aromatic carbocycles. The number of hydrogen-bond donors (Lipinski definition) is 1. The van der Waals surface area contributed by atoms with Gasteiger partial charge in [-0.2, -0.15) is 18.4 Å². The van der Waals surface area contributed by atoms with E-state index in [1.54, 1.807) is 6.07 Å². The van der Waals surface area contributed by atoms with E-state index in [1.165, 1.54) is 18.2 Å². The second-order valence-corrected chi connectivity index (χ2v) is 4.07. The molecule has 2 N–H and O–H groups in total. The highest BCUT2D eigenvalue weighted by atomic mass is 19.4. The van der Waals surface area contributed by atoms with Crippen molar-refractivity contribution < 1.29 is 22.3 Å². The number of nitrogen functional groups attached to an aromatic ring is 1. The van der Waals surface area contributed by atoms with Gasteiger partial charge in [-0.3, -0.25) is 0 Å². The average Bonchev–Trinajstić information content (AvgIpc) is 2.40. The van der Waals surface area contributed by atoms with Crippen molar-refractivity contribution in [1.29, 1.82) is 5.26 Å². The van der Waals surface area contributed by atoms with Gasteiger partial charge in [0, 0.05) is 5.69 Å². The van der Waals surface area contributed by atoms with Crippen molar-refractivity contribution in [1.82, 2.24) is 0 Å². The first-order chi connectivity index (χ1) is 9.82. The largest absolute Gasteiger partial charge is 0.456 e. The maximum atomic E-state index is 13.4. The van der Waals surface area contributed by atoms with Crippen molar-refractivity contribution in [2.24, 2.45) is 0 Å². The number of halogens is 4. The molecule has 0 aromatic heterocycles. The summed E-state index contributed by atoms with van der Waals surface area (Å²) >= 11 is 0. The smallest absolute Gasteiger partial charge is 0.418 e. The van der Waals surface area contributed by atoms with Gasteiger partial charge in [-0.15, -0.1) is 0 Å². The lowest BCUT2D eigenvalue weighted by atomic mass is 10.1. The minimum absolute atomic E-state index is 0.171. The van der Waals surface area contributed by atoms with Crippen LogP contribution in [0.25, 0.3) is 0 Å². The average molecular weight is 296 g/mol. The zero-order chi connectivity index (χ0) is 15.6. The maximum absolute atomic E-state index is 13.4. The molecule has 0 aliphatic carbocycles. The monoisotopic (exact) mass is 296 g/mol. The van der Waals surface area contributed by atoms with Gasteiger partial charge in [0.05, 0.1) is 5.56 Å². The lowest BCUT2D eigenvalue weighted by Crippen LogP contribution is -2.09. The van der Waals surface area contributed by atoms with Crippen molar-refractivity contribution >= 4 is 5.69 Å². The van der Waals surface area contributed by atoms with Crippen LogP contribution in [0.1, 0.15) is 11.1 Å². The molecule has 0 spiro atoms. The lowest BCUT2D eigenvalue weighted by molar-refractivity contribution is -0.137. The number of nitrogens with zero attached hydrogens (tertiary/aromatic N) is 1. The molecule has 0 unspecified atom stereocenters. The second-order valence-electron chi connectivity index (χ2n) is 4.07. The topological polar surface area (TPSA) is 59.0 Å². The highest BCUT2D eigenvalue weighted by Gasteiger charge is 2.33. The minimum Gasteiger partial charge on any atom is -0.456 e. The Labute approximate surface area is 117 Å². The zero-order valence-electron chi connectivity index (χ0n) is 10.4. The number of hydrogen-bond acceptors (Lipinski definition) is 3. The van der Waals surface area contributed by atoms with Gasteiger partial charge in [-0.1, -0.05) is 6.07 Å². The molecule has 0 atom stereocenters. The van der Waals surface area contributed by atoms with Crippen LogP contribution in [0.3, 0.4) is 0 Å². The Hall–Kier alpha value is -2.75. The van der Waals surface area contributed by atoms with E-state index in [9.17, 15) is 17.6 Å². The molecule has 0 heterocycles. The molecule has 0 aliphatic heterocycles. The van der Waals surface area contributed by atoms with Crippen LogP contribution in [0, 0.1) is 17.1 Å². The predicted octanol–water partition coefficient (Wildman–Crippen LogP) is 4.09. The molecule has 21 heavy (non-hydrogen) atoms. The summed E-state index contributed by atoms with van der Waals surface area (Å²) in [6.45, 7) is 0. The molecular weight excluding hydrogens is 288 g/mol. The fourth-order valence-electron chi connectivity index (χ4n) is 1.67. The quantitative estimate of drug-likeness (QED) is 0.670. The molecule has 0 saturated carbocycles. The van der Waals surface area contributed by atoms with Crippen LogP contribution in [0.2, 0.25) is 0 Å². The molecule has 2 aromatic rings. The van der Waals surface area contributed by atoms with Gasteiger partial charge in [-0.25, -0.2) is 4.39 Å². The Bertz CT molecular complexity index is 720. The van der Waals surface area contributed by atoms with Crippen molar-refractivity contribution in [2.75, 3.05) is 5.73 Å². The molecule has 108 valence electrons. The number of nitrogens with two attached hydrogens (primary N) is 1. The standard InChI is InChI=1S/C14H8F4N2O/c15-11-2-1-3-13(9(11)7-19)21-8-4-5-12(20)10(6-8)14(16,17)18/h1-6H,20H2. The van der Waals surface area contributed by atoms with Crippen LogP contribution in [-0.2, 0) is 6.18 Å². The fourth-order valence-corrected chi connectivity index (χ4v) is 1.67. The zero-order valence-corrected chi connectivity index (χ0v) is 10.4. The normalized spacial score (nSPS) is 11.0. The van der Waals surface area contributed by atoms with Gasteiger partial charge in [0.2, 0.25) is 0 Å². The third-order valence-electron chi connectivity index (χ3n) is 2.65. The highest BCUT2D eigenvalue weighted by Crippen LogP contribution is 2.37. The molecule has 0 saturated heterocycles. The van der Waals surface area contributed by atoms with Crippen LogP contribution in [-0.4, -0.2) is 0 Å². The molecular formula is C14H8F4N2O. The highest BCUT2D eigenvalue weighted by molar-refractivity contribution is 5.53. The van der Waals surface area contributed by atoms with Gasteiger partial charge in [-0.05, 0) is 30.3 Å². The Morgan fingerprint density at radius 3 is 2.48 bits per heavy atom. The fraction of sp³-hybridized carbons (Fsp3) is 0.0714. The van der Waals surface area contributed by atoms with Gasteiger partial charge in [0.25, 0.3) is 0 Å². The number of nitriles is 1. The van der Waals surface area contributed by atoms with Gasteiger partial charge in [0.15, 0.2) is 0 Å². The number of benzene rings is 2. The van der Waals surface area contributed by atoms with Crippen molar-refractivity contribution in [3.63, 3.8) is 0 Å². The first kappa shape index (κ1) is 14.7. The first-order valence-electron chi connectivity index (χ1n) is 5.66. The molecule has 0 fully saturated rings. The summed E-state index contributed by atoms with van der Waals surface area (Å²) < 4.78 is 56.7. The molecule has 0 radical (unpaired) electrons. The summed E-state index contributed by atoms with van der Waals surface area (Å²) in [5, 5.41) is 8.84. The third-order valence-corrected chi connectivity index (χ3v) is 2.65. The summed E-state index contributed by atoms with van der Waals surface area (Å²) in [6.07, 6.45) is -4.64. The second kappa shape index (κ2) is 5.32. The lowest BCUT2D eigenvalue weighted by Gasteiger charge is -2.13. The molecule has 7 heteroatoms. The summed E-state index contributed by atoms with van der Waals surface area (Å²) in [6, 6.07) is 8.14. The van der Waals surface area contributed by atoms with Gasteiger partial charge < -0.3 is 10.5 Å². The van der Waals surface area contributed by atoms with E-state index in [0.29, 0.717) is 6.07 Å². The summed E-state index contributed by atoms with van der Waals surface area (Å²) in [5.41, 5.74) is 3.37. The van der Waals surface area contributed by atoms with Crippen LogP contribution >= 0.6 is 0 Å². The number of alkyl halides is 3. The van der Waals surface area contributed by atoms with Crippen molar-refractivity contribution in [3.8, 4) is 17.6 Å². The summed E-state index contributed by atoms with van der Waals surface area (Å²) in [4.78, 5) is 0. The van der Waals surface area contributed by atoms with Crippen LogP contribution in [0.4, 0.5) is 23.2 Å². The third kappa shape index (κ3) is 3.05.